The smallest absolute Gasteiger partial charge is 0.252 e. The third-order valence-electron chi connectivity index (χ3n) is 13.0. The standard InChI is InChI=1S/C53H45BN4/c1-6-53(4,5)37-33-48-50-49(34-37)56-36(3)32-43-47(58(40-23-15-9-16-24-40)41-25-17-10-18-26-41)30-28-45(52(43)56)54(50)44-27-29-46(42-31-35(2)55(48)51(42)44)57(38-19-11-7-12-20-38)39-21-13-8-14-22-39/h7-34H,6H2,1-5H3. The van der Waals surface area contributed by atoms with Crippen LogP contribution in [0.25, 0.3) is 33.2 Å². The molecule has 0 fully saturated rings. The lowest BCUT2D eigenvalue weighted by atomic mass is 9.34. The lowest BCUT2D eigenvalue weighted by Gasteiger charge is -2.37. The fourth-order valence-corrected chi connectivity index (χ4v) is 9.91. The van der Waals surface area contributed by atoms with Gasteiger partial charge in [-0.15, -0.1) is 0 Å². The molecule has 0 spiro atoms. The predicted molar refractivity (Wildman–Crippen MR) is 247 cm³/mol. The van der Waals surface area contributed by atoms with Gasteiger partial charge in [0.25, 0.3) is 6.71 Å². The van der Waals surface area contributed by atoms with Gasteiger partial charge in [-0.2, -0.15) is 0 Å². The number of aryl methyl sites for hydroxylation is 2. The molecule has 11 rings (SSSR count). The minimum absolute atomic E-state index is 0.0134. The van der Waals surface area contributed by atoms with Gasteiger partial charge in [0.05, 0.1) is 22.4 Å². The first-order chi connectivity index (χ1) is 28.3. The Morgan fingerprint density at radius 1 is 0.483 bits per heavy atom. The summed E-state index contributed by atoms with van der Waals surface area (Å²) >= 11 is 0. The zero-order valence-electron chi connectivity index (χ0n) is 33.7. The Kier molecular flexibility index (Phi) is 7.68. The maximum absolute atomic E-state index is 2.58. The van der Waals surface area contributed by atoms with Crippen molar-refractivity contribution in [1.29, 1.82) is 0 Å². The SMILES string of the molecule is CCC(C)(C)c1cc2c3c(c1)-n1c(C)cc4c(N(c5ccccc5)c5ccccc5)ccc(c41)B3c1ccc(N(c3ccccc3)c3ccccc3)c3cc(C)n-2c13. The first kappa shape index (κ1) is 34.5. The highest BCUT2D eigenvalue weighted by molar-refractivity contribution is 7.00. The zero-order chi connectivity index (χ0) is 39.3. The minimum atomic E-state index is -0.0134. The van der Waals surface area contributed by atoms with E-state index in [4.69, 9.17) is 0 Å². The summed E-state index contributed by atoms with van der Waals surface area (Å²) in [5.74, 6) is 0. The molecule has 2 aliphatic heterocycles. The van der Waals surface area contributed by atoms with Crippen molar-refractivity contribution in [3.05, 3.63) is 187 Å². The van der Waals surface area contributed by atoms with Gasteiger partial charge in [0.15, 0.2) is 0 Å². The second-order valence-corrected chi connectivity index (χ2v) is 16.7. The van der Waals surface area contributed by atoms with Crippen LogP contribution in [0.2, 0.25) is 0 Å². The molecule has 2 aromatic heterocycles. The van der Waals surface area contributed by atoms with Crippen molar-refractivity contribution >= 4 is 79.0 Å². The summed E-state index contributed by atoms with van der Waals surface area (Å²) in [6.07, 6.45) is 1.04. The second kappa shape index (κ2) is 12.9. The molecule has 0 saturated heterocycles. The maximum Gasteiger partial charge on any atom is 0.252 e. The van der Waals surface area contributed by atoms with Gasteiger partial charge in [0, 0.05) is 56.3 Å². The van der Waals surface area contributed by atoms with E-state index in [0.29, 0.717) is 0 Å². The predicted octanol–water partition coefficient (Wildman–Crippen LogP) is 12.0. The minimum Gasteiger partial charge on any atom is -0.315 e. The maximum atomic E-state index is 2.58. The summed E-state index contributed by atoms with van der Waals surface area (Å²) in [7, 11) is 0. The molecule has 0 amide bonds. The van der Waals surface area contributed by atoms with E-state index in [0.717, 1.165) is 29.2 Å². The number of fused-ring (bicyclic) bond motifs is 4. The van der Waals surface area contributed by atoms with Crippen LogP contribution in [-0.4, -0.2) is 15.8 Å². The van der Waals surface area contributed by atoms with Crippen LogP contribution < -0.4 is 26.2 Å². The molecule has 4 heterocycles. The lowest BCUT2D eigenvalue weighted by Crippen LogP contribution is -2.59. The van der Waals surface area contributed by atoms with Gasteiger partial charge < -0.3 is 18.9 Å². The van der Waals surface area contributed by atoms with Crippen molar-refractivity contribution in [1.82, 2.24) is 9.13 Å². The summed E-state index contributed by atoms with van der Waals surface area (Å²) in [4.78, 5) is 4.84. The molecular formula is C53H45BN4. The third-order valence-corrected chi connectivity index (χ3v) is 13.0. The summed E-state index contributed by atoms with van der Waals surface area (Å²) in [5, 5.41) is 2.53. The molecule has 4 nitrogen and oxygen atoms in total. The van der Waals surface area contributed by atoms with Crippen LogP contribution in [0.1, 0.15) is 44.1 Å². The Morgan fingerprint density at radius 3 is 1.19 bits per heavy atom. The van der Waals surface area contributed by atoms with E-state index < -0.39 is 0 Å². The van der Waals surface area contributed by atoms with Crippen molar-refractivity contribution in [2.75, 3.05) is 9.80 Å². The molecule has 0 unspecified atom stereocenters. The topological polar surface area (TPSA) is 16.3 Å². The average Bonchev–Trinajstić information content (AvgIpc) is 3.81. The molecule has 0 aliphatic carbocycles. The molecule has 5 heteroatoms. The van der Waals surface area contributed by atoms with Crippen LogP contribution in [0.4, 0.5) is 34.1 Å². The average molecular weight is 749 g/mol. The van der Waals surface area contributed by atoms with E-state index in [2.05, 4.69) is 223 Å². The monoisotopic (exact) mass is 748 g/mol. The van der Waals surface area contributed by atoms with Gasteiger partial charge in [-0.05, 0) is 133 Å². The Hall–Kier alpha value is -6.72. The van der Waals surface area contributed by atoms with Crippen molar-refractivity contribution in [3.63, 3.8) is 0 Å². The molecule has 0 N–H and O–H groups in total. The Balaban J connectivity index is 1.23. The fraction of sp³-hybridized carbons (Fsp3) is 0.132. The highest BCUT2D eigenvalue weighted by Crippen LogP contribution is 2.45. The summed E-state index contributed by atoms with van der Waals surface area (Å²) in [6.45, 7) is 11.7. The summed E-state index contributed by atoms with van der Waals surface area (Å²) < 4.78 is 5.16. The van der Waals surface area contributed by atoms with E-state index in [-0.39, 0.29) is 12.1 Å². The largest absolute Gasteiger partial charge is 0.315 e. The van der Waals surface area contributed by atoms with Gasteiger partial charge >= 0.3 is 0 Å². The number of anilines is 6. The summed E-state index contributed by atoms with van der Waals surface area (Å²) in [5.41, 5.74) is 20.1. The van der Waals surface area contributed by atoms with Crippen molar-refractivity contribution in [3.8, 4) is 11.4 Å². The van der Waals surface area contributed by atoms with E-state index in [1.165, 1.54) is 77.9 Å². The van der Waals surface area contributed by atoms with Crippen molar-refractivity contribution < 1.29 is 0 Å². The van der Waals surface area contributed by atoms with E-state index >= 15 is 0 Å². The van der Waals surface area contributed by atoms with Crippen LogP contribution in [0.5, 0.6) is 0 Å². The number of benzene rings is 7. The third kappa shape index (κ3) is 4.95. The molecule has 0 atom stereocenters. The zero-order valence-corrected chi connectivity index (χ0v) is 33.7. The Bertz CT molecular complexity index is 2760. The quantitative estimate of drug-likeness (QED) is 0.144. The van der Waals surface area contributed by atoms with Gasteiger partial charge in [-0.25, -0.2) is 0 Å². The number of hydrogen-bond donors (Lipinski definition) is 0. The Labute approximate surface area is 341 Å². The van der Waals surface area contributed by atoms with Gasteiger partial charge in [-0.1, -0.05) is 106 Å². The number of nitrogens with zero attached hydrogens (tertiary/aromatic N) is 4. The number of aromatic nitrogens is 2. The Morgan fingerprint density at radius 2 is 0.845 bits per heavy atom. The normalized spacial score (nSPS) is 12.6. The van der Waals surface area contributed by atoms with Crippen LogP contribution in [0.3, 0.4) is 0 Å². The van der Waals surface area contributed by atoms with Crippen LogP contribution in [0, 0.1) is 13.8 Å². The van der Waals surface area contributed by atoms with E-state index in [1.54, 1.807) is 0 Å². The van der Waals surface area contributed by atoms with Crippen LogP contribution >= 0.6 is 0 Å². The van der Waals surface area contributed by atoms with Crippen LogP contribution in [0.15, 0.2) is 170 Å². The highest BCUT2D eigenvalue weighted by atomic mass is 15.2. The van der Waals surface area contributed by atoms with E-state index in [1.807, 2.05) is 0 Å². The van der Waals surface area contributed by atoms with Gasteiger partial charge in [0.1, 0.15) is 0 Å². The first-order valence-corrected chi connectivity index (χ1v) is 20.6. The number of hydrogen-bond acceptors (Lipinski definition) is 2. The van der Waals surface area contributed by atoms with E-state index in [9.17, 15) is 0 Å². The molecule has 0 bridgehead atoms. The number of rotatable bonds is 8. The summed E-state index contributed by atoms with van der Waals surface area (Å²) in [6, 6.07) is 62.7. The van der Waals surface area contributed by atoms with Gasteiger partial charge in [-0.3, -0.25) is 0 Å². The second-order valence-electron chi connectivity index (χ2n) is 16.7. The molecule has 58 heavy (non-hydrogen) atoms. The molecule has 280 valence electrons. The van der Waals surface area contributed by atoms with Crippen LogP contribution in [-0.2, 0) is 5.41 Å². The fourth-order valence-electron chi connectivity index (χ4n) is 9.91. The molecule has 0 radical (unpaired) electrons. The molecule has 2 aliphatic rings. The van der Waals surface area contributed by atoms with Crippen molar-refractivity contribution in [2.24, 2.45) is 0 Å². The number of para-hydroxylation sites is 4. The lowest BCUT2D eigenvalue weighted by molar-refractivity contribution is 0.506. The molecule has 0 saturated carbocycles. The molecule has 7 aromatic carbocycles. The highest BCUT2D eigenvalue weighted by Gasteiger charge is 2.42. The molecule has 9 aromatic rings. The first-order valence-electron chi connectivity index (χ1n) is 20.6. The van der Waals surface area contributed by atoms with Gasteiger partial charge in [0.2, 0.25) is 0 Å². The van der Waals surface area contributed by atoms with Crippen molar-refractivity contribution in [2.45, 2.75) is 46.5 Å². The molecular weight excluding hydrogens is 703 g/mol.